The third kappa shape index (κ3) is 2.26. The first-order valence-electron chi connectivity index (χ1n) is 6.91. The van der Waals surface area contributed by atoms with E-state index in [0.717, 1.165) is 0 Å². The quantitative estimate of drug-likeness (QED) is 0.538. The van der Waals surface area contributed by atoms with Crippen molar-refractivity contribution in [1.29, 1.82) is 0 Å². The summed E-state index contributed by atoms with van der Waals surface area (Å²) in [5.41, 5.74) is 0.132. The van der Waals surface area contributed by atoms with Crippen LogP contribution in [-0.4, -0.2) is 19.5 Å². The number of rotatable bonds is 1. The highest BCUT2D eigenvalue weighted by atomic mass is 35.5. The Morgan fingerprint density at radius 2 is 1.79 bits per heavy atom. The highest BCUT2D eigenvalue weighted by Crippen LogP contribution is 2.27. The second-order valence-corrected chi connectivity index (χ2v) is 5.54. The van der Waals surface area contributed by atoms with Crippen LogP contribution in [0, 0.1) is 5.82 Å². The van der Waals surface area contributed by atoms with Gasteiger partial charge in [0.25, 0.3) is 5.56 Å². The number of fused-ring (bicyclic) bond motifs is 2. The van der Waals surface area contributed by atoms with Gasteiger partial charge in [0, 0.05) is 10.7 Å². The third-order valence-electron chi connectivity index (χ3n) is 3.56. The number of hydrogen-bond acceptors (Lipinski definition) is 4. The summed E-state index contributed by atoms with van der Waals surface area (Å²) in [6.45, 7) is 0. The topological polar surface area (TPSA) is 80.6 Å². The van der Waals surface area contributed by atoms with E-state index in [4.69, 9.17) is 11.6 Å². The van der Waals surface area contributed by atoms with Crippen LogP contribution >= 0.6 is 11.6 Å². The lowest BCUT2D eigenvalue weighted by Crippen LogP contribution is -2.28. The molecule has 6 nitrogen and oxygen atoms in total. The molecule has 2 aromatic carbocycles. The molecular weight excluding hydrogens is 335 g/mol. The molecule has 8 heteroatoms. The maximum absolute atomic E-state index is 13.3. The molecule has 0 amide bonds. The van der Waals surface area contributed by atoms with E-state index in [1.165, 1.54) is 24.3 Å². The molecule has 2 heterocycles. The number of halogens is 2. The number of H-pyrrole nitrogens is 1. The highest BCUT2D eigenvalue weighted by molar-refractivity contribution is 6.31. The Hall–Kier alpha value is -3.06. The Morgan fingerprint density at radius 3 is 2.54 bits per heavy atom. The summed E-state index contributed by atoms with van der Waals surface area (Å²) in [5, 5.41) is 0.451. The monoisotopic (exact) mass is 342 g/mol. The van der Waals surface area contributed by atoms with Crippen molar-refractivity contribution in [3.05, 3.63) is 74.1 Å². The second-order valence-electron chi connectivity index (χ2n) is 5.10. The van der Waals surface area contributed by atoms with Crippen LogP contribution < -0.4 is 11.2 Å². The van der Waals surface area contributed by atoms with E-state index in [0.29, 0.717) is 21.7 Å². The summed E-state index contributed by atoms with van der Waals surface area (Å²) in [6.07, 6.45) is 0. The van der Waals surface area contributed by atoms with Crippen LogP contribution in [-0.2, 0) is 0 Å². The molecule has 1 N–H and O–H groups in total. The van der Waals surface area contributed by atoms with E-state index >= 15 is 0 Å². The predicted octanol–water partition coefficient (Wildman–Crippen LogP) is 2.37. The number of benzene rings is 2. The molecule has 0 spiro atoms. The summed E-state index contributed by atoms with van der Waals surface area (Å²) >= 11 is 6.07. The molecule has 0 radical (unpaired) electrons. The van der Waals surface area contributed by atoms with Gasteiger partial charge in [0.1, 0.15) is 5.82 Å². The van der Waals surface area contributed by atoms with E-state index in [1.54, 1.807) is 22.8 Å². The minimum absolute atomic E-state index is 0.00810. The minimum Gasteiger partial charge on any atom is -0.291 e. The van der Waals surface area contributed by atoms with Crippen molar-refractivity contribution >= 4 is 22.6 Å². The van der Waals surface area contributed by atoms with E-state index < -0.39 is 17.1 Å². The molecule has 2 aliphatic heterocycles. The first-order valence-corrected chi connectivity index (χ1v) is 7.29. The Labute approximate surface area is 138 Å². The number of hydrogen-bond donors (Lipinski definition) is 1. The average molecular weight is 343 g/mol. The maximum atomic E-state index is 13.3. The fourth-order valence-corrected chi connectivity index (χ4v) is 2.71. The maximum Gasteiger partial charge on any atom is 0.349 e. The van der Waals surface area contributed by atoms with Crippen LogP contribution in [0.15, 0.2) is 52.1 Å². The zero-order chi connectivity index (χ0) is 16.8. The molecule has 0 unspecified atom stereocenters. The molecule has 0 aromatic heterocycles. The van der Waals surface area contributed by atoms with Gasteiger partial charge < -0.3 is 0 Å². The predicted molar refractivity (Wildman–Crippen MR) is 87.3 cm³/mol. The Bertz CT molecular complexity index is 1170. The zero-order valence-corrected chi connectivity index (χ0v) is 12.7. The molecule has 0 saturated carbocycles. The Kier molecular flexibility index (Phi) is 3.17. The molecule has 0 saturated heterocycles. The van der Waals surface area contributed by atoms with Crippen molar-refractivity contribution in [1.82, 2.24) is 19.5 Å². The van der Waals surface area contributed by atoms with Crippen molar-refractivity contribution in [3.63, 3.8) is 0 Å². The van der Waals surface area contributed by atoms with Crippen LogP contribution in [0.3, 0.4) is 0 Å². The van der Waals surface area contributed by atoms with Crippen molar-refractivity contribution < 1.29 is 4.39 Å². The van der Waals surface area contributed by atoms with Crippen LogP contribution in [0.1, 0.15) is 0 Å². The average Bonchev–Trinajstić information content (AvgIpc) is 2.54. The lowest BCUT2D eigenvalue weighted by Gasteiger charge is -2.16. The summed E-state index contributed by atoms with van der Waals surface area (Å²) in [7, 11) is 0. The van der Waals surface area contributed by atoms with Gasteiger partial charge in [-0.15, -0.1) is 0 Å². The van der Waals surface area contributed by atoms with Crippen LogP contribution in [0.4, 0.5) is 4.39 Å². The normalized spacial score (nSPS) is 11.2. The van der Waals surface area contributed by atoms with Crippen molar-refractivity contribution in [2.24, 2.45) is 0 Å². The Morgan fingerprint density at radius 1 is 1.04 bits per heavy atom. The van der Waals surface area contributed by atoms with Crippen LogP contribution in [0.25, 0.3) is 28.2 Å². The van der Waals surface area contributed by atoms with Gasteiger partial charge >= 0.3 is 5.69 Å². The lowest BCUT2D eigenvalue weighted by atomic mass is 10.2. The molecule has 4 rings (SSSR count). The molecule has 0 bridgehead atoms. The summed E-state index contributed by atoms with van der Waals surface area (Å²) < 4.78 is 14.8. The summed E-state index contributed by atoms with van der Waals surface area (Å²) in [4.78, 5) is 34.0. The van der Waals surface area contributed by atoms with Gasteiger partial charge in [-0.2, -0.15) is 4.98 Å². The van der Waals surface area contributed by atoms with Crippen LogP contribution in [0.5, 0.6) is 0 Å². The van der Waals surface area contributed by atoms with Gasteiger partial charge in [-0.25, -0.2) is 14.2 Å². The first-order chi connectivity index (χ1) is 11.5. The molecule has 0 atom stereocenters. The van der Waals surface area contributed by atoms with Crippen molar-refractivity contribution in [3.8, 4) is 17.2 Å². The standard InChI is InChI=1S/C16H8ClFN4O2/c17-8-1-6-11-12(7-8)22(10-4-2-9(18)3-5-10)14-13(19-11)15(23)21-16(24)20-14/h1-7H,(H,21,23,24). The third-order valence-corrected chi connectivity index (χ3v) is 3.80. The van der Waals surface area contributed by atoms with Gasteiger partial charge in [0.2, 0.25) is 0 Å². The van der Waals surface area contributed by atoms with Gasteiger partial charge in [-0.05, 0) is 42.5 Å². The molecular formula is C16H8ClFN4O2. The first kappa shape index (κ1) is 14.5. The molecule has 0 aliphatic carbocycles. The van der Waals surface area contributed by atoms with Crippen molar-refractivity contribution in [2.75, 3.05) is 0 Å². The van der Waals surface area contributed by atoms with E-state index in [2.05, 4.69) is 15.0 Å². The highest BCUT2D eigenvalue weighted by Gasteiger charge is 2.19. The summed E-state index contributed by atoms with van der Waals surface area (Å²) in [5.74, 6) is -0.333. The molecule has 118 valence electrons. The molecule has 24 heavy (non-hydrogen) atoms. The van der Waals surface area contributed by atoms with Gasteiger partial charge in [0.05, 0.1) is 11.0 Å². The zero-order valence-electron chi connectivity index (χ0n) is 12.0. The SMILES string of the molecule is O=c1nc2n(-c3ccc(F)cc3)c3cc(Cl)ccc3nc-2c(=O)[nH]1. The number of nitrogens with zero attached hydrogens (tertiary/aromatic N) is 3. The van der Waals surface area contributed by atoms with Gasteiger partial charge in [-0.3, -0.25) is 14.3 Å². The largest absolute Gasteiger partial charge is 0.349 e. The van der Waals surface area contributed by atoms with E-state index in [1.807, 2.05) is 0 Å². The molecule has 2 aliphatic rings. The van der Waals surface area contributed by atoms with Gasteiger partial charge in [-0.1, -0.05) is 11.6 Å². The fraction of sp³-hybridized carbons (Fsp3) is 0. The smallest absolute Gasteiger partial charge is 0.291 e. The van der Waals surface area contributed by atoms with Crippen molar-refractivity contribution in [2.45, 2.75) is 0 Å². The number of aromatic nitrogens is 4. The number of aromatic amines is 1. The van der Waals surface area contributed by atoms with Gasteiger partial charge in [0.15, 0.2) is 11.5 Å². The second kappa shape index (κ2) is 5.24. The number of nitrogens with one attached hydrogen (secondary N) is 1. The van der Waals surface area contributed by atoms with E-state index in [9.17, 15) is 14.0 Å². The fourth-order valence-electron chi connectivity index (χ4n) is 2.55. The van der Waals surface area contributed by atoms with E-state index in [-0.39, 0.29) is 11.5 Å². The minimum atomic E-state index is -0.786. The summed E-state index contributed by atoms with van der Waals surface area (Å²) in [6, 6.07) is 10.5. The van der Waals surface area contributed by atoms with Crippen LogP contribution in [0.2, 0.25) is 5.02 Å². The molecule has 2 aromatic rings. The Balaban J connectivity index is 2.25. The lowest BCUT2D eigenvalue weighted by molar-refractivity contribution is 0.627. The molecule has 0 fully saturated rings.